The van der Waals surface area contributed by atoms with Crippen molar-refractivity contribution in [3.05, 3.63) is 128 Å². The molecule has 436 valence electrons. The van der Waals surface area contributed by atoms with Gasteiger partial charge in [-0.25, -0.2) is 0 Å². The second-order valence-corrected chi connectivity index (χ2v) is 18.7. The predicted molar refractivity (Wildman–Crippen MR) is 274 cm³/mol. The van der Waals surface area contributed by atoms with Crippen molar-refractivity contribution in [2.24, 2.45) is 0 Å². The van der Waals surface area contributed by atoms with Crippen LogP contribution in [-0.2, 0) is 39.3 Å². The van der Waals surface area contributed by atoms with Gasteiger partial charge < -0.3 is 33.5 Å². The van der Waals surface area contributed by atoms with Gasteiger partial charge in [0.25, 0.3) is 0 Å². The lowest BCUT2D eigenvalue weighted by Crippen LogP contribution is -2.58. The van der Waals surface area contributed by atoms with Gasteiger partial charge in [0, 0.05) is 42.6 Å². The Balaban J connectivity index is 0.000000426. The van der Waals surface area contributed by atoms with Crippen molar-refractivity contribution in [1.29, 1.82) is 0 Å². The summed E-state index contributed by atoms with van der Waals surface area (Å²) in [5.41, 5.74) is -4.27. The Bertz CT molecular complexity index is 2740. The summed E-state index contributed by atoms with van der Waals surface area (Å²) in [7, 11) is 1.83. The van der Waals surface area contributed by atoms with Crippen molar-refractivity contribution < 1.29 is 91.0 Å². The van der Waals surface area contributed by atoms with Gasteiger partial charge in [0.15, 0.2) is 0 Å². The Kier molecular flexibility index (Phi) is 23.8. The molecule has 79 heavy (non-hydrogen) atoms. The molecule has 0 fully saturated rings. The number of carbonyl (C=O) groups excluding carboxylic acids is 1. The largest absolute Gasteiger partial charge is 0.508 e. The van der Waals surface area contributed by atoms with Gasteiger partial charge in [0.1, 0.15) is 25.1 Å². The van der Waals surface area contributed by atoms with Gasteiger partial charge in [-0.15, -0.1) is 0 Å². The van der Waals surface area contributed by atoms with Gasteiger partial charge >= 0.3 is 41.9 Å². The van der Waals surface area contributed by atoms with E-state index in [-0.39, 0.29) is 22.8 Å². The van der Waals surface area contributed by atoms with Crippen molar-refractivity contribution in [3.8, 4) is 35.2 Å². The van der Waals surface area contributed by atoms with Crippen molar-refractivity contribution >= 4 is 5.97 Å². The van der Waals surface area contributed by atoms with Gasteiger partial charge in [-0.1, -0.05) is 88.1 Å². The SMILES string of the molecule is CCC(CC)(c1ccc(O)c(C)c1)c1ccc(C#CC(OCOC)(C(F)(F)F)C(F)(F)F)c(C)c1.CCOC(=O)CCCCOc1ccc(C(CC)(CC)c2ccc(C#CC(OCOC)(C(F)(F)F)C(F)(F)F)c(C)c2)cc1C. The first-order valence-electron chi connectivity index (χ1n) is 25.3. The number of aryl methyl sites for hydroxylation is 4. The summed E-state index contributed by atoms with van der Waals surface area (Å²) < 4.78 is 191. The maximum atomic E-state index is 13.7. The number of alkyl halides is 12. The number of rotatable bonds is 21. The molecule has 0 atom stereocenters. The molecular weight excluding hydrogens is 1060 g/mol. The fourth-order valence-electron chi connectivity index (χ4n) is 9.13. The Morgan fingerprint density at radius 3 is 1.20 bits per heavy atom. The van der Waals surface area contributed by atoms with E-state index in [1.807, 2.05) is 70.9 Å². The van der Waals surface area contributed by atoms with Crippen LogP contribution in [0.2, 0.25) is 0 Å². The zero-order valence-corrected chi connectivity index (χ0v) is 46.0. The Hall–Kier alpha value is -5.93. The lowest BCUT2D eigenvalue weighted by atomic mass is 9.70. The van der Waals surface area contributed by atoms with Crippen LogP contribution < -0.4 is 4.74 Å². The highest BCUT2D eigenvalue weighted by molar-refractivity contribution is 5.69. The third-order valence-electron chi connectivity index (χ3n) is 13.9. The topological polar surface area (TPSA) is 92.7 Å². The monoisotopic (exact) mass is 1130 g/mol. The van der Waals surface area contributed by atoms with Crippen molar-refractivity contribution in [1.82, 2.24) is 0 Å². The van der Waals surface area contributed by atoms with Crippen LogP contribution in [0.3, 0.4) is 0 Å². The minimum absolute atomic E-state index is 0.00985. The number of methoxy groups -OCH3 is 2. The minimum Gasteiger partial charge on any atom is -0.508 e. The molecule has 4 rings (SSSR count). The molecule has 0 saturated carbocycles. The van der Waals surface area contributed by atoms with Crippen LogP contribution in [0.15, 0.2) is 72.8 Å². The van der Waals surface area contributed by atoms with E-state index in [9.17, 15) is 62.6 Å². The number of hydrogen-bond acceptors (Lipinski definition) is 8. The fraction of sp³-hybridized carbons (Fsp3) is 0.508. The van der Waals surface area contributed by atoms with Crippen molar-refractivity contribution in [2.75, 3.05) is 41.0 Å². The molecule has 0 bridgehead atoms. The van der Waals surface area contributed by atoms with E-state index in [0.29, 0.717) is 80.6 Å². The van der Waals surface area contributed by atoms with Crippen LogP contribution in [-0.4, -0.2) is 88.0 Å². The maximum Gasteiger partial charge on any atom is 0.438 e. The van der Waals surface area contributed by atoms with E-state index in [1.165, 1.54) is 24.0 Å². The highest BCUT2D eigenvalue weighted by Crippen LogP contribution is 2.48. The number of ether oxygens (including phenoxy) is 6. The number of phenolic OH excluding ortho intramolecular Hbond substituents is 1. The first kappa shape index (κ1) is 67.3. The third-order valence-corrected chi connectivity index (χ3v) is 13.9. The summed E-state index contributed by atoms with van der Waals surface area (Å²) in [6.45, 7) is 14.9. The molecule has 0 saturated heterocycles. The van der Waals surface area contributed by atoms with Gasteiger partial charge in [0.05, 0.1) is 13.2 Å². The number of esters is 1. The van der Waals surface area contributed by atoms with Crippen LogP contribution in [0.1, 0.15) is 135 Å². The lowest BCUT2D eigenvalue weighted by Gasteiger charge is -2.34. The summed E-state index contributed by atoms with van der Waals surface area (Å²) in [6.07, 6.45) is -19.0. The maximum absolute atomic E-state index is 13.7. The summed E-state index contributed by atoms with van der Waals surface area (Å²) in [5.74, 6) is 7.39. The molecule has 4 aromatic carbocycles. The predicted octanol–water partition coefficient (Wildman–Crippen LogP) is 15.3. The average molecular weight is 1130 g/mol. The number of carbonyl (C=O) groups is 1. The molecular formula is C59H68F12O8. The number of halogens is 12. The molecule has 0 spiro atoms. The van der Waals surface area contributed by atoms with Crippen molar-refractivity contribution in [2.45, 2.75) is 154 Å². The number of phenols is 1. The van der Waals surface area contributed by atoms with Crippen LogP contribution in [0.5, 0.6) is 11.5 Å². The second-order valence-electron chi connectivity index (χ2n) is 18.7. The van der Waals surface area contributed by atoms with E-state index in [2.05, 4.69) is 24.9 Å². The van der Waals surface area contributed by atoms with Crippen LogP contribution in [0.4, 0.5) is 52.7 Å². The molecule has 0 radical (unpaired) electrons. The highest BCUT2D eigenvalue weighted by Gasteiger charge is 2.73. The lowest BCUT2D eigenvalue weighted by molar-refractivity contribution is -0.368. The quantitative estimate of drug-likeness (QED) is 0.0290. The zero-order valence-electron chi connectivity index (χ0n) is 46.0. The Morgan fingerprint density at radius 1 is 0.506 bits per heavy atom. The van der Waals surface area contributed by atoms with Gasteiger partial charge in [-0.2, -0.15) is 52.7 Å². The van der Waals surface area contributed by atoms with E-state index in [0.717, 1.165) is 42.0 Å². The third kappa shape index (κ3) is 15.5. The molecule has 1 N–H and O–H groups in total. The normalized spacial score (nSPS) is 12.6. The zero-order chi connectivity index (χ0) is 59.8. The molecule has 0 aliphatic carbocycles. The first-order valence-corrected chi connectivity index (χ1v) is 25.3. The molecule has 0 aliphatic heterocycles. The summed E-state index contributed by atoms with van der Waals surface area (Å²) in [5, 5.41) is 9.91. The molecule has 0 amide bonds. The second kappa shape index (κ2) is 28.0. The van der Waals surface area contributed by atoms with E-state index < -0.39 is 60.3 Å². The van der Waals surface area contributed by atoms with E-state index in [1.54, 1.807) is 58.0 Å². The molecule has 8 nitrogen and oxygen atoms in total. The van der Waals surface area contributed by atoms with Crippen LogP contribution in [0, 0.1) is 51.4 Å². The summed E-state index contributed by atoms with van der Waals surface area (Å²) >= 11 is 0. The summed E-state index contributed by atoms with van der Waals surface area (Å²) in [6, 6.07) is 20.8. The number of aromatic hydroxyl groups is 1. The molecule has 20 heteroatoms. The number of unbranched alkanes of at least 4 members (excludes halogenated alkanes) is 1. The smallest absolute Gasteiger partial charge is 0.438 e. The first-order chi connectivity index (χ1) is 36.8. The van der Waals surface area contributed by atoms with Crippen molar-refractivity contribution in [3.63, 3.8) is 0 Å². The van der Waals surface area contributed by atoms with Gasteiger partial charge in [0.2, 0.25) is 0 Å². The van der Waals surface area contributed by atoms with Crippen LogP contribution in [0.25, 0.3) is 0 Å². The van der Waals surface area contributed by atoms with Gasteiger partial charge in [-0.05, 0) is 154 Å². The molecule has 0 aromatic heterocycles. The molecule has 0 heterocycles. The Morgan fingerprint density at radius 2 is 0.873 bits per heavy atom. The summed E-state index contributed by atoms with van der Waals surface area (Å²) in [4.78, 5) is 11.5. The average Bonchev–Trinajstić information content (AvgIpc) is 3.40. The minimum atomic E-state index is -5.86. The van der Waals surface area contributed by atoms with Crippen LogP contribution >= 0.6 is 0 Å². The molecule has 0 unspecified atom stereocenters. The van der Waals surface area contributed by atoms with E-state index in [4.69, 9.17) is 9.47 Å². The van der Waals surface area contributed by atoms with E-state index >= 15 is 0 Å². The molecule has 0 aliphatic rings. The number of benzene rings is 4. The standard InChI is InChI=1S/C33H40F6O5.C26H28F6O3/c1-7-30(8-2,27-15-16-28(24(5)21-27)43-19-11-10-12-29(40)42-9-3)26-14-13-25(23(4)20-26)17-18-31(32(34,35)36,33(37,38)39)44-22-41-6;1-6-23(7-2,21-10-11-22(33)18(4)15-21)20-9-8-19(17(3)14-20)12-13-24(25(27,28)29,26(30,31)32)35-16-34-5/h13-16,20-21H,7-12,19,22H2,1-6H3;8-11,14-15,33H,6-7,16H2,1-5H3. The van der Waals surface area contributed by atoms with Gasteiger partial charge in [-0.3, -0.25) is 4.79 Å². The number of hydrogen-bond donors (Lipinski definition) is 1. The molecule has 4 aromatic rings. The Labute approximate surface area is 454 Å². The fourth-order valence-corrected chi connectivity index (χ4v) is 9.13. The highest BCUT2D eigenvalue weighted by atomic mass is 19.4.